The Balaban J connectivity index is 2.12. The molecule has 3 rings (SSSR count). The zero-order chi connectivity index (χ0) is 18.7. The first kappa shape index (κ1) is 19.0. The van der Waals surface area contributed by atoms with Crippen LogP contribution in [0.1, 0.15) is 34.0 Å². The van der Waals surface area contributed by atoms with Crippen molar-refractivity contribution >= 4 is 61.0 Å². The molecular weight excluding hydrogens is 514 g/mol. The molecule has 0 aliphatic heterocycles. The van der Waals surface area contributed by atoms with Crippen molar-refractivity contribution in [1.82, 2.24) is 9.78 Å². The van der Waals surface area contributed by atoms with Gasteiger partial charge in [-0.15, -0.1) is 0 Å². The molecule has 1 fully saturated rings. The van der Waals surface area contributed by atoms with Crippen molar-refractivity contribution < 1.29 is 18.0 Å². The fourth-order valence-electron chi connectivity index (χ4n) is 2.45. The average Bonchev–Trinajstić information content (AvgIpc) is 2.90. The predicted octanol–water partition coefficient (Wildman–Crippen LogP) is 5.27. The van der Waals surface area contributed by atoms with E-state index in [1.165, 1.54) is 10.9 Å². The molecule has 0 saturated heterocycles. The SMILES string of the molecule is NC(=O)c1nn(-c2c(Cl)cc(C(F)(F)F)cc2Cl)cc1C1CC1(Br)Br. The van der Waals surface area contributed by atoms with Gasteiger partial charge in [-0.1, -0.05) is 55.1 Å². The lowest BCUT2D eigenvalue weighted by molar-refractivity contribution is -0.137. The highest BCUT2D eigenvalue weighted by Gasteiger charge is 2.53. The largest absolute Gasteiger partial charge is 0.416 e. The van der Waals surface area contributed by atoms with Crippen molar-refractivity contribution in [2.24, 2.45) is 5.73 Å². The number of rotatable bonds is 3. The quantitative estimate of drug-likeness (QED) is 0.559. The van der Waals surface area contributed by atoms with Crippen LogP contribution in [0, 0.1) is 0 Å². The van der Waals surface area contributed by atoms with Crippen LogP contribution in [0.25, 0.3) is 5.69 Å². The molecule has 1 unspecified atom stereocenters. The Morgan fingerprint density at radius 3 is 2.24 bits per heavy atom. The summed E-state index contributed by atoms with van der Waals surface area (Å²) in [6, 6.07) is 1.51. The number of hydrogen-bond acceptors (Lipinski definition) is 2. The van der Waals surface area contributed by atoms with Gasteiger partial charge >= 0.3 is 6.18 Å². The molecule has 4 nitrogen and oxygen atoms in total. The molecule has 25 heavy (non-hydrogen) atoms. The third kappa shape index (κ3) is 3.56. The summed E-state index contributed by atoms with van der Waals surface area (Å²) in [5, 5.41) is 3.58. The number of carbonyl (C=O) groups is 1. The molecule has 0 bridgehead atoms. The van der Waals surface area contributed by atoms with Gasteiger partial charge in [0.25, 0.3) is 5.91 Å². The van der Waals surface area contributed by atoms with E-state index in [4.69, 9.17) is 28.9 Å². The molecule has 1 atom stereocenters. The second-order valence-corrected chi connectivity index (χ2v) is 10.3. The van der Waals surface area contributed by atoms with Crippen LogP contribution in [0.4, 0.5) is 13.2 Å². The van der Waals surface area contributed by atoms with E-state index in [1.54, 1.807) is 0 Å². The van der Waals surface area contributed by atoms with Gasteiger partial charge in [-0.05, 0) is 18.6 Å². The highest BCUT2D eigenvalue weighted by molar-refractivity contribution is 9.25. The molecule has 2 aromatic rings. The monoisotopic (exact) mass is 519 g/mol. The van der Waals surface area contributed by atoms with Crippen molar-refractivity contribution in [1.29, 1.82) is 0 Å². The zero-order valence-electron chi connectivity index (χ0n) is 12.0. The summed E-state index contributed by atoms with van der Waals surface area (Å²) >= 11 is 18.9. The van der Waals surface area contributed by atoms with E-state index in [-0.39, 0.29) is 30.6 Å². The highest BCUT2D eigenvalue weighted by Crippen LogP contribution is 2.62. The minimum atomic E-state index is -4.58. The van der Waals surface area contributed by atoms with Crippen LogP contribution >= 0.6 is 55.1 Å². The Bertz CT molecular complexity index is 860. The van der Waals surface area contributed by atoms with Crippen LogP contribution in [0.5, 0.6) is 0 Å². The van der Waals surface area contributed by atoms with Crippen LogP contribution in [-0.4, -0.2) is 18.9 Å². The third-order valence-electron chi connectivity index (χ3n) is 3.75. The molecular formula is C14H8Br2Cl2F3N3O. The van der Waals surface area contributed by atoms with Crippen molar-refractivity contribution in [2.45, 2.75) is 21.7 Å². The minimum absolute atomic E-state index is 0.0119. The van der Waals surface area contributed by atoms with Gasteiger partial charge in [-0.3, -0.25) is 4.79 Å². The van der Waals surface area contributed by atoms with Gasteiger partial charge in [0.2, 0.25) is 0 Å². The maximum atomic E-state index is 12.8. The summed E-state index contributed by atoms with van der Waals surface area (Å²) in [6.45, 7) is 0. The molecule has 134 valence electrons. The normalized spacial score (nSPS) is 19.1. The van der Waals surface area contributed by atoms with E-state index in [1.807, 2.05) is 0 Å². The lowest BCUT2D eigenvalue weighted by Gasteiger charge is -2.12. The molecule has 1 aromatic heterocycles. The first-order valence-electron chi connectivity index (χ1n) is 6.75. The topological polar surface area (TPSA) is 60.9 Å². The van der Waals surface area contributed by atoms with Gasteiger partial charge in [-0.2, -0.15) is 18.3 Å². The summed E-state index contributed by atoms with van der Waals surface area (Å²) in [6.07, 6.45) is -2.40. The average molecular weight is 522 g/mol. The molecule has 0 spiro atoms. The zero-order valence-corrected chi connectivity index (χ0v) is 16.7. The molecule has 0 radical (unpaired) electrons. The number of carbonyl (C=O) groups excluding carboxylic acids is 1. The van der Waals surface area contributed by atoms with Gasteiger partial charge in [-0.25, -0.2) is 4.68 Å². The Hall–Kier alpha value is -0.770. The first-order valence-corrected chi connectivity index (χ1v) is 9.10. The smallest absolute Gasteiger partial charge is 0.364 e. The third-order valence-corrected chi connectivity index (χ3v) is 6.08. The molecule has 1 heterocycles. The first-order chi connectivity index (χ1) is 11.4. The Morgan fingerprint density at radius 2 is 1.84 bits per heavy atom. The molecule has 2 N–H and O–H groups in total. The Morgan fingerprint density at radius 1 is 1.32 bits per heavy atom. The van der Waals surface area contributed by atoms with Gasteiger partial charge in [0.1, 0.15) is 5.69 Å². The maximum Gasteiger partial charge on any atom is 0.416 e. The highest BCUT2D eigenvalue weighted by atomic mass is 79.9. The number of amides is 1. The van der Waals surface area contributed by atoms with E-state index in [0.29, 0.717) is 12.0 Å². The van der Waals surface area contributed by atoms with Gasteiger partial charge < -0.3 is 5.73 Å². The van der Waals surface area contributed by atoms with Gasteiger partial charge in [0.15, 0.2) is 5.69 Å². The lowest BCUT2D eigenvalue weighted by atomic mass is 10.1. The second kappa shape index (κ2) is 6.14. The fraction of sp³-hybridized carbons (Fsp3) is 0.286. The van der Waals surface area contributed by atoms with Crippen LogP contribution in [0.15, 0.2) is 18.3 Å². The van der Waals surface area contributed by atoms with Gasteiger partial charge in [0.05, 0.1) is 18.8 Å². The van der Waals surface area contributed by atoms with E-state index >= 15 is 0 Å². The Kier molecular flexibility index (Phi) is 4.67. The minimum Gasteiger partial charge on any atom is -0.364 e. The summed E-state index contributed by atoms with van der Waals surface area (Å²) in [7, 11) is 0. The molecule has 1 saturated carbocycles. The van der Waals surface area contributed by atoms with Crippen molar-refractivity contribution in [3.63, 3.8) is 0 Å². The van der Waals surface area contributed by atoms with E-state index in [2.05, 4.69) is 37.0 Å². The summed E-state index contributed by atoms with van der Waals surface area (Å²) in [5.74, 6) is -0.827. The number of halogens is 7. The summed E-state index contributed by atoms with van der Waals surface area (Å²) < 4.78 is 39.3. The predicted molar refractivity (Wildman–Crippen MR) is 95.0 cm³/mol. The van der Waals surface area contributed by atoms with Crippen LogP contribution in [0.3, 0.4) is 0 Å². The van der Waals surface area contributed by atoms with Crippen molar-refractivity contribution in [3.05, 3.63) is 45.2 Å². The Labute approximate surface area is 166 Å². The number of primary amides is 1. The van der Waals surface area contributed by atoms with Gasteiger partial charge in [0, 0.05) is 17.7 Å². The molecule has 1 aliphatic carbocycles. The number of aromatic nitrogens is 2. The number of nitrogens with two attached hydrogens (primary N) is 1. The number of benzene rings is 1. The van der Waals surface area contributed by atoms with Crippen LogP contribution in [-0.2, 0) is 6.18 Å². The summed E-state index contributed by atoms with van der Waals surface area (Å²) in [4.78, 5) is 11.7. The second-order valence-electron chi connectivity index (χ2n) is 5.55. The molecule has 1 aromatic carbocycles. The van der Waals surface area contributed by atoms with E-state index < -0.39 is 17.6 Å². The van der Waals surface area contributed by atoms with E-state index in [9.17, 15) is 18.0 Å². The number of nitrogens with zero attached hydrogens (tertiary/aromatic N) is 2. The number of alkyl halides is 5. The van der Waals surface area contributed by atoms with Crippen LogP contribution < -0.4 is 5.73 Å². The van der Waals surface area contributed by atoms with Crippen LogP contribution in [0.2, 0.25) is 10.0 Å². The van der Waals surface area contributed by atoms with Crippen molar-refractivity contribution in [3.8, 4) is 5.69 Å². The van der Waals surface area contributed by atoms with E-state index in [0.717, 1.165) is 12.1 Å². The number of hydrogen-bond donors (Lipinski definition) is 1. The summed E-state index contributed by atoms with van der Waals surface area (Å²) in [5.41, 5.74) is 4.98. The molecule has 1 amide bonds. The molecule has 1 aliphatic rings. The molecule has 11 heteroatoms. The fourth-order valence-corrected chi connectivity index (χ4v) is 4.25. The maximum absolute atomic E-state index is 12.8. The standard InChI is InChI=1S/C14H8Br2Cl2F3N3O/c15-13(16)3-7(13)6-4-24(23-10(6)12(22)25)11-8(17)1-5(2-9(11)18)14(19,20)21/h1-2,4,7H,3H2,(H2,22,25). The van der Waals surface area contributed by atoms with Crippen molar-refractivity contribution in [2.75, 3.05) is 0 Å². The lowest BCUT2D eigenvalue weighted by Crippen LogP contribution is -2.14.